The fraction of sp³-hybridized carbons (Fsp3) is 0.308. The van der Waals surface area contributed by atoms with Crippen molar-refractivity contribution in [3.8, 4) is 5.75 Å². The lowest BCUT2D eigenvalue weighted by molar-refractivity contribution is -0.139. The number of aromatic hydroxyl groups is 1. The van der Waals surface area contributed by atoms with Crippen molar-refractivity contribution in [3.05, 3.63) is 35.9 Å². The molecule has 0 aromatic heterocycles. The Morgan fingerprint density at radius 3 is 3.00 bits per heavy atom. The van der Waals surface area contributed by atoms with Gasteiger partial charge >= 0.3 is 5.97 Å². The maximum atomic E-state index is 11.2. The molecule has 0 saturated heterocycles. The number of carboxylic acids is 1. The Labute approximate surface area is 98.6 Å². The van der Waals surface area contributed by atoms with Gasteiger partial charge in [-0.3, -0.25) is 0 Å². The van der Waals surface area contributed by atoms with E-state index < -0.39 is 12.0 Å². The molecule has 0 unspecified atom stereocenters. The summed E-state index contributed by atoms with van der Waals surface area (Å²) >= 11 is 0. The average molecular weight is 231 g/mol. The first-order valence-electron chi connectivity index (χ1n) is 5.66. The van der Waals surface area contributed by atoms with Crippen LogP contribution in [0.3, 0.4) is 0 Å². The fourth-order valence-corrected chi connectivity index (χ4v) is 2.85. The molecule has 1 aliphatic carbocycles. The van der Waals surface area contributed by atoms with E-state index in [2.05, 4.69) is 5.32 Å². The molecule has 0 bridgehead atoms. The van der Waals surface area contributed by atoms with Gasteiger partial charge in [0.2, 0.25) is 0 Å². The van der Waals surface area contributed by atoms with Gasteiger partial charge in [-0.1, -0.05) is 24.3 Å². The van der Waals surface area contributed by atoms with Crippen molar-refractivity contribution in [2.75, 3.05) is 5.32 Å². The molecule has 17 heavy (non-hydrogen) atoms. The molecule has 0 saturated carbocycles. The zero-order chi connectivity index (χ0) is 12.0. The number of hydrogen-bond acceptors (Lipinski definition) is 3. The number of carbonyl (C=O) groups is 1. The van der Waals surface area contributed by atoms with Crippen LogP contribution in [0.25, 0.3) is 0 Å². The Hall–Kier alpha value is -1.97. The van der Waals surface area contributed by atoms with Gasteiger partial charge in [0.25, 0.3) is 0 Å². The molecule has 0 radical (unpaired) electrons. The summed E-state index contributed by atoms with van der Waals surface area (Å²) in [5.74, 6) is -0.605. The van der Waals surface area contributed by atoms with Gasteiger partial charge in [0.05, 0.1) is 5.69 Å². The molecule has 0 amide bonds. The van der Waals surface area contributed by atoms with Gasteiger partial charge in [0.15, 0.2) is 0 Å². The molecule has 3 rings (SSSR count). The van der Waals surface area contributed by atoms with Gasteiger partial charge in [0.1, 0.15) is 11.8 Å². The molecule has 88 valence electrons. The standard InChI is InChI=1S/C13H13NO3/c15-10-6-2-5-8-7-3-1-4-9(7)12(13(16)17)14-11(8)10/h1-3,5-7,9,12,14-15H,4H2,(H,16,17)/t7-,9-,12+/m0/s1. The number of nitrogens with one attached hydrogen (secondary N) is 1. The molecule has 3 N–H and O–H groups in total. The number of phenolic OH excluding ortho intramolecular Hbond substituents is 1. The van der Waals surface area contributed by atoms with Gasteiger partial charge in [-0.05, 0) is 18.1 Å². The van der Waals surface area contributed by atoms with Crippen molar-refractivity contribution in [1.82, 2.24) is 0 Å². The first-order chi connectivity index (χ1) is 8.18. The molecule has 2 aliphatic rings. The first-order valence-corrected chi connectivity index (χ1v) is 5.66. The van der Waals surface area contributed by atoms with E-state index in [9.17, 15) is 15.0 Å². The Morgan fingerprint density at radius 2 is 2.24 bits per heavy atom. The number of fused-ring (bicyclic) bond motifs is 3. The highest BCUT2D eigenvalue weighted by Crippen LogP contribution is 2.47. The van der Waals surface area contributed by atoms with Crippen molar-refractivity contribution in [1.29, 1.82) is 0 Å². The fourth-order valence-electron chi connectivity index (χ4n) is 2.85. The first kappa shape index (κ1) is 10.2. The zero-order valence-electron chi connectivity index (χ0n) is 9.13. The second-order valence-corrected chi connectivity index (χ2v) is 4.56. The molecule has 1 aromatic rings. The summed E-state index contributed by atoms with van der Waals surface area (Å²) in [5.41, 5.74) is 1.55. The molecule has 1 heterocycles. The van der Waals surface area contributed by atoms with E-state index in [1.807, 2.05) is 18.2 Å². The Balaban J connectivity index is 2.12. The van der Waals surface area contributed by atoms with E-state index in [1.54, 1.807) is 12.1 Å². The van der Waals surface area contributed by atoms with Crippen LogP contribution in [-0.4, -0.2) is 22.2 Å². The number of anilines is 1. The smallest absolute Gasteiger partial charge is 0.326 e. The van der Waals surface area contributed by atoms with E-state index in [1.165, 1.54) is 0 Å². The van der Waals surface area contributed by atoms with Gasteiger partial charge in [-0.2, -0.15) is 0 Å². The summed E-state index contributed by atoms with van der Waals surface area (Å²) < 4.78 is 0. The minimum Gasteiger partial charge on any atom is -0.506 e. The molecule has 0 fully saturated rings. The van der Waals surface area contributed by atoms with Crippen molar-refractivity contribution in [3.63, 3.8) is 0 Å². The lowest BCUT2D eigenvalue weighted by Crippen LogP contribution is -2.41. The van der Waals surface area contributed by atoms with E-state index >= 15 is 0 Å². The number of para-hydroxylation sites is 1. The van der Waals surface area contributed by atoms with E-state index in [4.69, 9.17) is 0 Å². The van der Waals surface area contributed by atoms with Crippen LogP contribution in [0, 0.1) is 5.92 Å². The maximum absolute atomic E-state index is 11.2. The summed E-state index contributed by atoms with van der Waals surface area (Å²) in [6.45, 7) is 0. The third-order valence-electron chi connectivity index (χ3n) is 3.64. The van der Waals surface area contributed by atoms with Crippen LogP contribution in [0.5, 0.6) is 5.75 Å². The van der Waals surface area contributed by atoms with Crippen LogP contribution < -0.4 is 5.32 Å². The highest BCUT2D eigenvalue weighted by Gasteiger charge is 2.41. The quantitative estimate of drug-likeness (QED) is 0.510. The molecule has 0 spiro atoms. The lowest BCUT2D eigenvalue weighted by Gasteiger charge is -2.34. The summed E-state index contributed by atoms with van der Waals surface area (Å²) in [7, 11) is 0. The predicted octanol–water partition coefficient (Wildman–Crippen LogP) is 1.93. The average Bonchev–Trinajstić information content (AvgIpc) is 2.77. The SMILES string of the molecule is O=C(O)[C@@H]1Nc2c(O)cccc2[C@@H]2C=CC[C@H]12. The number of rotatable bonds is 1. The Bertz CT molecular complexity index is 509. The number of aliphatic carboxylic acids is 1. The van der Waals surface area contributed by atoms with Crippen LogP contribution in [0.15, 0.2) is 30.4 Å². The van der Waals surface area contributed by atoms with Gasteiger partial charge in [0, 0.05) is 11.8 Å². The number of allylic oxidation sites excluding steroid dienone is 2. The highest BCUT2D eigenvalue weighted by atomic mass is 16.4. The Kier molecular flexibility index (Phi) is 2.11. The Morgan fingerprint density at radius 1 is 1.41 bits per heavy atom. The van der Waals surface area contributed by atoms with Gasteiger partial charge in [-0.25, -0.2) is 4.79 Å². The second-order valence-electron chi connectivity index (χ2n) is 4.56. The molecular weight excluding hydrogens is 218 g/mol. The topological polar surface area (TPSA) is 69.6 Å². The summed E-state index contributed by atoms with van der Waals surface area (Å²) in [6, 6.07) is 4.67. The molecule has 1 aliphatic heterocycles. The third kappa shape index (κ3) is 1.40. The highest BCUT2D eigenvalue weighted by molar-refractivity contribution is 5.82. The van der Waals surface area contributed by atoms with Crippen LogP contribution >= 0.6 is 0 Å². The summed E-state index contributed by atoms with van der Waals surface area (Å²) in [5, 5.41) is 22.0. The summed E-state index contributed by atoms with van der Waals surface area (Å²) in [6.07, 6.45) is 4.83. The van der Waals surface area contributed by atoms with E-state index in [0.29, 0.717) is 5.69 Å². The van der Waals surface area contributed by atoms with Crippen LogP contribution in [0.4, 0.5) is 5.69 Å². The molecule has 1 aromatic carbocycles. The van der Waals surface area contributed by atoms with Gasteiger partial charge in [-0.15, -0.1) is 0 Å². The normalized spacial score (nSPS) is 29.3. The van der Waals surface area contributed by atoms with Crippen LogP contribution in [0.2, 0.25) is 0 Å². The van der Waals surface area contributed by atoms with Crippen LogP contribution in [-0.2, 0) is 4.79 Å². The van der Waals surface area contributed by atoms with Gasteiger partial charge < -0.3 is 15.5 Å². The largest absolute Gasteiger partial charge is 0.506 e. The number of carboxylic acid groups (broad SMARTS) is 1. The van der Waals surface area contributed by atoms with Crippen molar-refractivity contribution in [2.24, 2.45) is 5.92 Å². The monoisotopic (exact) mass is 231 g/mol. The molecule has 4 heteroatoms. The van der Waals surface area contributed by atoms with Crippen molar-refractivity contribution in [2.45, 2.75) is 18.4 Å². The number of benzene rings is 1. The molecular formula is C13H13NO3. The van der Waals surface area contributed by atoms with E-state index in [0.717, 1.165) is 12.0 Å². The zero-order valence-corrected chi connectivity index (χ0v) is 9.13. The number of phenols is 1. The minimum atomic E-state index is -0.863. The van der Waals surface area contributed by atoms with Crippen molar-refractivity contribution >= 4 is 11.7 Å². The lowest BCUT2D eigenvalue weighted by atomic mass is 9.79. The predicted molar refractivity (Wildman–Crippen MR) is 63.1 cm³/mol. The molecule has 3 atom stereocenters. The second kappa shape index (κ2) is 3.52. The summed E-state index contributed by atoms with van der Waals surface area (Å²) in [4.78, 5) is 11.2. The van der Waals surface area contributed by atoms with Crippen LogP contribution in [0.1, 0.15) is 17.9 Å². The van der Waals surface area contributed by atoms with E-state index in [-0.39, 0.29) is 17.6 Å². The maximum Gasteiger partial charge on any atom is 0.326 e. The van der Waals surface area contributed by atoms with Crippen molar-refractivity contribution < 1.29 is 15.0 Å². The molecule has 4 nitrogen and oxygen atoms in total. The number of hydrogen-bond donors (Lipinski definition) is 3. The minimum absolute atomic E-state index is 0.0433. The third-order valence-corrected chi connectivity index (χ3v) is 3.64.